The van der Waals surface area contributed by atoms with Crippen molar-refractivity contribution in [3.63, 3.8) is 0 Å². The van der Waals surface area contributed by atoms with E-state index in [1.807, 2.05) is 12.1 Å². The van der Waals surface area contributed by atoms with Crippen molar-refractivity contribution in [3.05, 3.63) is 47.8 Å². The molecule has 94 valence electrons. The molecular weight excluding hydrogens is 230 g/mol. The number of aromatic nitrogens is 2. The first kappa shape index (κ1) is 12.2. The SMILES string of the molecule is COc1ccccc1C(=O)N(C)Cc1cn[nH]c1. The van der Waals surface area contributed by atoms with Crippen molar-refractivity contribution < 1.29 is 9.53 Å². The van der Waals surface area contributed by atoms with Crippen molar-refractivity contribution in [2.24, 2.45) is 0 Å². The molecule has 1 heterocycles. The molecule has 0 aliphatic carbocycles. The van der Waals surface area contributed by atoms with E-state index in [4.69, 9.17) is 4.74 Å². The zero-order valence-electron chi connectivity index (χ0n) is 10.4. The molecule has 1 aromatic carbocycles. The maximum absolute atomic E-state index is 12.3. The zero-order valence-corrected chi connectivity index (χ0v) is 10.4. The number of nitrogens with one attached hydrogen (secondary N) is 1. The van der Waals surface area contributed by atoms with Gasteiger partial charge in [-0.2, -0.15) is 5.10 Å². The Bertz CT molecular complexity index is 523. The van der Waals surface area contributed by atoms with E-state index in [0.29, 0.717) is 17.9 Å². The van der Waals surface area contributed by atoms with Crippen molar-refractivity contribution >= 4 is 5.91 Å². The molecule has 0 aliphatic heterocycles. The summed E-state index contributed by atoms with van der Waals surface area (Å²) in [4.78, 5) is 13.9. The number of para-hydroxylation sites is 1. The molecule has 0 saturated carbocycles. The molecule has 5 nitrogen and oxygen atoms in total. The summed E-state index contributed by atoms with van der Waals surface area (Å²) >= 11 is 0. The second kappa shape index (κ2) is 5.35. The average Bonchev–Trinajstić information content (AvgIpc) is 2.90. The van der Waals surface area contributed by atoms with Crippen LogP contribution in [0, 0.1) is 0 Å². The molecule has 0 atom stereocenters. The Labute approximate surface area is 105 Å². The van der Waals surface area contributed by atoms with Crippen LogP contribution in [0.2, 0.25) is 0 Å². The van der Waals surface area contributed by atoms with Crippen LogP contribution in [0.25, 0.3) is 0 Å². The first-order valence-corrected chi connectivity index (χ1v) is 5.58. The molecule has 2 rings (SSSR count). The maximum Gasteiger partial charge on any atom is 0.257 e. The second-order valence-electron chi connectivity index (χ2n) is 3.97. The van der Waals surface area contributed by atoms with Gasteiger partial charge in [0.1, 0.15) is 5.75 Å². The van der Waals surface area contributed by atoms with Gasteiger partial charge in [-0.3, -0.25) is 9.89 Å². The van der Waals surface area contributed by atoms with Gasteiger partial charge in [-0.25, -0.2) is 0 Å². The largest absolute Gasteiger partial charge is 0.496 e. The smallest absolute Gasteiger partial charge is 0.257 e. The van der Waals surface area contributed by atoms with Gasteiger partial charge in [-0.05, 0) is 12.1 Å². The van der Waals surface area contributed by atoms with E-state index in [9.17, 15) is 4.79 Å². The van der Waals surface area contributed by atoms with Gasteiger partial charge in [0.15, 0.2) is 0 Å². The van der Waals surface area contributed by atoms with Crippen LogP contribution in [0.15, 0.2) is 36.7 Å². The second-order valence-corrected chi connectivity index (χ2v) is 3.97. The lowest BCUT2D eigenvalue weighted by Gasteiger charge is -2.17. The molecule has 0 saturated heterocycles. The fraction of sp³-hybridized carbons (Fsp3) is 0.231. The normalized spacial score (nSPS) is 10.1. The van der Waals surface area contributed by atoms with Crippen LogP contribution >= 0.6 is 0 Å². The molecule has 0 unspecified atom stereocenters. The van der Waals surface area contributed by atoms with Crippen LogP contribution in [0.4, 0.5) is 0 Å². The van der Waals surface area contributed by atoms with Gasteiger partial charge in [0.25, 0.3) is 5.91 Å². The average molecular weight is 245 g/mol. The van der Waals surface area contributed by atoms with Gasteiger partial charge in [0.05, 0.1) is 18.9 Å². The molecule has 0 radical (unpaired) electrons. The van der Waals surface area contributed by atoms with Gasteiger partial charge in [-0.1, -0.05) is 12.1 Å². The highest BCUT2D eigenvalue weighted by atomic mass is 16.5. The number of methoxy groups -OCH3 is 1. The summed E-state index contributed by atoms with van der Waals surface area (Å²) in [5.41, 5.74) is 1.52. The van der Waals surface area contributed by atoms with Gasteiger partial charge in [0, 0.05) is 25.4 Å². The van der Waals surface area contributed by atoms with Crippen LogP contribution in [0.1, 0.15) is 15.9 Å². The van der Waals surface area contributed by atoms with Crippen molar-refractivity contribution in [1.29, 1.82) is 0 Å². The maximum atomic E-state index is 12.3. The summed E-state index contributed by atoms with van der Waals surface area (Å²) in [5, 5.41) is 6.58. The molecule has 0 fully saturated rings. The highest BCUT2D eigenvalue weighted by Gasteiger charge is 2.16. The van der Waals surface area contributed by atoms with Crippen LogP contribution < -0.4 is 4.74 Å². The third-order valence-electron chi connectivity index (χ3n) is 2.66. The highest BCUT2D eigenvalue weighted by molar-refractivity contribution is 5.96. The van der Waals surface area contributed by atoms with Gasteiger partial charge >= 0.3 is 0 Å². The third kappa shape index (κ3) is 2.51. The molecule has 18 heavy (non-hydrogen) atoms. The Kier molecular flexibility index (Phi) is 3.62. The number of ether oxygens (including phenoxy) is 1. The Hall–Kier alpha value is -2.30. The molecule has 5 heteroatoms. The van der Waals surface area contributed by atoms with E-state index >= 15 is 0 Å². The number of amides is 1. The van der Waals surface area contributed by atoms with Crippen LogP contribution in [-0.2, 0) is 6.54 Å². The minimum atomic E-state index is -0.0753. The molecule has 0 aliphatic rings. The topological polar surface area (TPSA) is 58.2 Å². The van der Waals surface area contributed by atoms with E-state index in [0.717, 1.165) is 5.56 Å². The lowest BCUT2D eigenvalue weighted by Crippen LogP contribution is -2.26. The predicted octanol–water partition coefficient (Wildman–Crippen LogP) is 1.69. The number of hydrogen-bond donors (Lipinski definition) is 1. The number of H-pyrrole nitrogens is 1. The molecular formula is C13H15N3O2. The number of benzene rings is 1. The van der Waals surface area contributed by atoms with E-state index in [2.05, 4.69) is 10.2 Å². The Morgan fingerprint density at radius 1 is 1.44 bits per heavy atom. The summed E-state index contributed by atoms with van der Waals surface area (Å²) < 4.78 is 5.19. The van der Waals surface area contributed by atoms with Gasteiger partial charge < -0.3 is 9.64 Å². The van der Waals surface area contributed by atoms with Crippen molar-refractivity contribution in [2.45, 2.75) is 6.54 Å². The predicted molar refractivity (Wildman–Crippen MR) is 67.4 cm³/mol. The van der Waals surface area contributed by atoms with Gasteiger partial charge in [0.2, 0.25) is 0 Å². The van der Waals surface area contributed by atoms with Crippen molar-refractivity contribution in [1.82, 2.24) is 15.1 Å². The minimum Gasteiger partial charge on any atom is -0.496 e. The highest BCUT2D eigenvalue weighted by Crippen LogP contribution is 2.19. The first-order chi connectivity index (χ1) is 8.72. The summed E-state index contributed by atoms with van der Waals surface area (Å²) in [6.45, 7) is 0.507. The van der Waals surface area contributed by atoms with Crippen LogP contribution in [-0.4, -0.2) is 35.2 Å². The fourth-order valence-corrected chi connectivity index (χ4v) is 1.74. The first-order valence-electron chi connectivity index (χ1n) is 5.58. The van der Waals surface area contributed by atoms with E-state index in [1.165, 1.54) is 0 Å². The Balaban J connectivity index is 2.15. The molecule has 1 aromatic heterocycles. The van der Waals surface area contributed by atoms with Crippen LogP contribution in [0.5, 0.6) is 5.75 Å². The van der Waals surface area contributed by atoms with E-state index < -0.39 is 0 Å². The summed E-state index contributed by atoms with van der Waals surface area (Å²) in [6.07, 6.45) is 3.47. The molecule has 2 aromatic rings. The van der Waals surface area contributed by atoms with Crippen molar-refractivity contribution in [3.8, 4) is 5.75 Å². The quantitative estimate of drug-likeness (QED) is 0.891. The standard InChI is InChI=1S/C13H15N3O2/c1-16(9-10-7-14-15-8-10)13(17)11-5-3-4-6-12(11)18-2/h3-8H,9H2,1-2H3,(H,14,15). The summed E-state index contributed by atoms with van der Waals surface area (Å²) in [6, 6.07) is 7.19. The minimum absolute atomic E-state index is 0.0753. The molecule has 1 amide bonds. The Morgan fingerprint density at radius 3 is 2.89 bits per heavy atom. The number of carbonyl (C=O) groups is 1. The number of aromatic amines is 1. The van der Waals surface area contributed by atoms with E-state index in [-0.39, 0.29) is 5.91 Å². The number of hydrogen-bond acceptors (Lipinski definition) is 3. The monoisotopic (exact) mass is 245 g/mol. The number of nitrogens with zero attached hydrogens (tertiary/aromatic N) is 2. The van der Waals surface area contributed by atoms with E-state index in [1.54, 1.807) is 43.6 Å². The fourth-order valence-electron chi connectivity index (χ4n) is 1.74. The zero-order chi connectivity index (χ0) is 13.0. The summed E-state index contributed by atoms with van der Waals surface area (Å²) in [7, 11) is 3.31. The number of rotatable bonds is 4. The lowest BCUT2D eigenvalue weighted by molar-refractivity contribution is 0.0782. The third-order valence-corrected chi connectivity index (χ3v) is 2.66. The molecule has 0 spiro atoms. The lowest BCUT2D eigenvalue weighted by atomic mass is 10.1. The number of carbonyl (C=O) groups excluding carboxylic acids is 1. The molecule has 1 N–H and O–H groups in total. The molecule has 0 bridgehead atoms. The summed E-state index contributed by atoms with van der Waals surface area (Å²) in [5.74, 6) is 0.509. The van der Waals surface area contributed by atoms with Crippen LogP contribution in [0.3, 0.4) is 0 Å². The van der Waals surface area contributed by atoms with Crippen molar-refractivity contribution in [2.75, 3.05) is 14.2 Å². The van der Waals surface area contributed by atoms with Gasteiger partial charge in [-0.15, -0.1) is 0 Å². The Morgan fingerprint density at radius 2 is 2.22 bits per heavy atom.